The fourth-order valence-corrected chi connectivity index (χ4v) is 3.62. The number of nitrogens with zero attached hydrogens (tertiary/aromatic N) is 3. The molecule has 0 saturated heterocycles. The molecule has 2 amide bonds. The molecule has 8 heteroatoms. The van der Waals surface area contributed by atoms with Gasteiger partial charge in [-0.15, -0.1) is 0 Å². The van der Waals surface area contributed by atoms with Crippen molar-refractivity contribution in [1.29, 1.82) is 0 Å². The van der Waals surface area contributed by atoms with E-state index in [1.54, 1.807) is 17.0 Å². The smallest absolute Gasteiger partial charge is 0.278 e. The topological polar surface area (TPSA) is 97.4 Å². The van der Waals surface area contributed by atoms with E-state index in [4.69, 9.17) is 4.42 Å². The van der Waals surface area contributed by atoms with E-state index in [1.807, 2.05) is 31.2 Å². The van der Waals surface area contributed by atoms with Crippen LogP contribution in [-0.2, 0) is 24.3 Å². The van der Waals surface area contributed by atoms with E-state index in [0.29, 0.717) is 5.76 Å². The molecule has 1 unspecified atom stereocenters. The molecule has 0 bridgehead atoms. The Bertz CT molecular complexity index is 1120. The highest BCUT2D eigenvalue weighted by atomic mass is 16.3. The lowest BCUT2D eigenvalue weighted by Crippen LogP contribution is -2.38. The zero-order valence-corrected chi connectivity index (χ0v) is 16.6. The maximum atomic E-state index is 13.1. The minimum Gasteiger partial charge on any atom is -0.467 e. The second-order valence-corrected chi connectivity index (χ2v) is 7.24. The molecule has 0 fully saturated rings. The number of amides is 2. The van der Waals surface area contributed by atoms with Gasteiger partial charge in [0.15, 0.2) is 0 Å². The number of hydrogen-bond acceptors (Lipinski definition) is 5. The summed E-state index contributed by atoms with van der Waals surface area (Å²) in [4.78, 5) is 39.0. The number of aryl methyl sites for hydroxylation is 1. The zero-order chi connectivity index (χ0) is 21.1. The summed E-state index contributed by atoms with van der Waals surface area (Å²) in [5, 5.41) is 6.94. The Kier molecular flexibility index (Phi) is 5.47. The van der Waals surface area contributed by atoms with Crippen LogP contribution in [0.25, 0.3) is 0 Å². The van der Waals surface area contributed by atoms with E-state index in [-0.39, 0.29) is 48.6 Å². The van der Waals surface area contributed by atoms with Gasteiger partial charge in [0, 0.05) is 24.2 Å². The van der Waals surface area contributed by atoms with Crippen LogP contribution >= 0.6 is 0 Å². The van der Waals surface area contributed by atoms with E-state index in [9.17, 15) is 14.4 Å². The average Bonchev–Trinajstić information content (AvgIpc) is 3.38. The summed E-state index contributed by atoms with van der Waals surface area (Å²) in [6.45, 7) is 2.34. The molecule has 154 valence electrons. The van der Waals surface area contributed by atoms with Crippen LogP contribution in [0.2, 0.25) is 0 Å². The Morgan fingerprint density at radius 3 is 2.80 bits per heavy atom. The molecule has 1 N–H and O–H groups in total. The highest BCUT2D eigenvalue weighted by Gasteiger charge is 2.32. The third-order valence-corrected chi connectivity index (χ3v) is 5.10. The number of nitrogens with one attached hydrogen (secondary N) is 1. The molecule has 30 heavy (non-hydrogen) atoms. The standard InChI is InChI=1S/C22H22N4O4/c1-15-13-16-5-2-3-7-19(16)26(15)22(29)18-8-9-21(28)25(24-18)11-10-20(27)23-14-17-6-4-12-30-17/h2-9,12,15H,10-11,13-14H2,1H3,(H,23,27). The van der Waals surface area contributed by atoms with Crippen LogP contribution in [0.5, 0.6) is 0 Å². The molecule has 1 aliphatic heterocycles. The molecular weight excluding hydrogens is 384 g/mol. The molecule has 0 spiro atoms. The van der Waals surface area contributed by atoms with Crippen molar-refractivity contribution in [3.8, 4) is 0 Å². The number of fused-ring (bicyclic) bond motifs is 1. The van der Waals surface area contributed by atoms with Crippen molar-refractivity contribution in [3.63, 3.8) is 0 Å². The Hall–Kier alpha value is -3.68. The van der Waals surface area contributed by atoms with Crippen LogP contribution in [0.3, 0.4) is 0 Å². The molecule has 3 aromatic rings. The van der Waals surface area contributed by atoms with Gasteiger partial charge >= 0.3 is 0 Å². The first-order valence-electron chi connectivity index (χ1n) is 9.81. The Morgan fingerprint density at radius 1 is 1.17 bits per heavy atom. The number of rotatable bonds is 6. The first-order valence-corrected chi connectivity index (χ1v) is 9.81. The van der Waals surface area contributed by atoms with E-state index in [1.165, 1.54) is 18.4 Å². The lowest BCUT2D eigenvalue weighted by atomic mass is 10.1. The number of anilines is 1. The summed E-state index contributed by atoms with van der Waals surface area (Å²) in [5.41, 5.74) is 1.79. The van der Waals surface area contributed by atoms with Crippen molar-refractivity contribution in [2.24, 2.45) is 0 Å². The van der Waals surface area contributed by atoms with Crippen LogP contribution in [0, 0.1) is 0 Å². The van der Waals surface area contributed by atoms with Crippen molar-refractivity contribution < 1.29 is 14.0 Å². The lowest BCUT2D eigenvalue weighted by molar-refractivity contribution is -0.121. The maximum absolute atomic E-state index is 13.1. The van der Waals surface area contributed by atoms with Gasteiger partial charge in [-0.3, -0.25) is 14.4 Å². The molecule has 3 heterocycles. The van der Waals surface area contributed by atoms with Crippen molar-refractivity contribution >= 4 is 17.5 Å². The number of furan rings is 1. The Morgan fingerprint density at radius 2 is 2.00 bits per heavy atom. The number of benzene rings is 1. The molecule has 0 saturated carbocycles. The number of para-hydroxylation sites is 1. The monoisotopic (exact) mass is 406 g/mol. The summed E-state index contributed by atoms with van der Waals surface area (Å²) in [5.74, 6) is 0.147. The predicted molar refractivity (Wildman–Crippen MR) is 110 cm³/mol. The van der Waals surface area contributed by atoms with Gasteiger partial charge in [0.1, 0.15) is 11.5 Å². The van der Waals surface area contributed by atoms with Crippen molar-refractivity contribution in [2.45, 2.75) is 38.9 Å². The molecule has 2 aromatic heterocycles. The number of hydrogen-bond donors (Lipinski definition) is 1. The minimum atomic E-state index is -0.361. The van der Waals surface area contributed by atoms with Crippen molar-refractivity contribution in [1.82, 2.24) is 15.1 Å². The molecule has 1 aromatic carbocycles. The lowest BCUT2D eigenvalue weighted by Gasteiger charge is -2.22. The normalized spacial score (nSPS) is 15.1. The van der Waals surface area contributed by atoms with Crippen molar-refractivity contribution in [3.05, 3.63) is 82.2 Å². The van der Waals surface area contributed by atoms with E-state index >= 15 is 0 Å². The van der Waals surface area contributed by atoms with Crippen LogP contribution in [-0.4, -0.2) is 27.6 Å². The van der Waals surface area contributed by atoms with Crippen LogP contribution < -0.4 is 15.8 Å². The first kappa shape index (κ1) is 19.6. The first-order chi connectivity index (χ1) is 14.5. The summed E-state index contributed by atoms with van der Waals surface area (Å²) >= 11 is 0. The van der Waals surface area contributed by atoms with Gasteiger partial charge in [0.25, 0.3) is 11.5 Å². The largest absolute Gasteiger partial charge is 0.467 e. The van der Waals surface area contributed by atoms with E-state index < -0.39 is 0 Å². The average molecular weight is 406 g/mol. The van der Waals surface area contributed by atoms with Crippen LogP contribution in [0.1, 0.15) is 35.2 Å². The van der Waals surface area contributed by atoms with Gasteiger partial charge in [0.05, 0.1) is 19.4 Å². The minimum absolute atomic E-state index is 0.00413. The van der Waals surface area contributed by atoms with Gasteiger partial charge < -0.3 is 14.6 Å². The third-order valence-electron chi connectivity index (χ3n) is 5.10. The fraction of sp³-hybridized carbons (Fsp3) is 0.273. The van der Waals surface area contributed by atoms with Gasteiger partial charge in [-0.25, -0.2) is 4.68 Å². The number of carbonyl (C=O) groups excluding carboxylic acids is 2. The fourth-order valence-electron chi connectivity index (χ4n) is 3.62. The second kappa shape index (κ2) is 8.36. The summed E-state index contributed by atoms with van der Waals surface area (Å²) in [7, 11) is 0. The Labute approximate surface area is 173 Å². The van der Waals surface area contributed by atoms with Gasteiger partial charge in [0.2, 0.25) is 5.91 Å². The van der Waals surface area contributed by atoms with E-state index in [2.05, 4.69) is 10.4 Å². The molecule has 1 atom stereocenters. The zero-order valence-electron chi connectivity index (χ0n) is 16.6. The molecular formula is C22H22N4O4. The predicted octanol–water partition coefficient (Wildman–Crippen LogP) is 2.13. The molecule has 8 nitrogen and oxygen atoms in total. The molecule has 4 rings (SSSR count). The van der Waals surface area contributed by atoms with Crippen molar-refractivity contribution in [2.75, 3.05) is 4.90 Å². The molecule has 1 aliphatic rings. The van der Waals surface area contributed by atoms with Crippen LogP contribution in [0.4, 0.5) is 5.69 Å². The summed E-state index contributed by atoms with van der Waals surface area (Å²) in [6, 6.07) is 14.0. The van der Waals surface area contributed by atoms with Gasteiger partial charge in [-0.2, -0.15) is 5.10 Å². The summed E-state index contributed by atoms with van der Waals surface area (Å²) in [6.07, 6.45) is 2.37. The number of carbonyl (C=O) groups is 2. The molecule has 0 radical (unpaired) electrons. The van der Waals surface area contributed by atoms with Crippen LogP contribution in [0.15, 0.2) is 64.0 Å². The quantitative estimate of drug-likeness (QED) is 0.676. The molecule has 0 aliphatic carbocycles. The highest BCUT2D eigenvalue weighted by Crippen LogP contribution is 2.32. The Balaban J connectivity index is 1.45. The SMILES string of the molecule is CC1Cc2ccccc2N1C(=O)c1ccc(=O)n(CCC(=O)NCc2ccco2)n1. The van der Waals surface area contributed by atoms with Gasteiger partial charge in [-0.05, 0) is 43.2 Å². The third kappa shape index (κ3) is 4.03. The summed E-state index contributed by atoms with van der Waals surface area (Å²) < 4.78 is 6.32. The maximum Gasteiger partial charge on any atom is 0.278 e. The second-order valence-electron chi connectivity index (χ2n) is 7.24. The van der Waals surface area contributed by atoms with Gasteiger partial charge in [-0.1, -0.05) is 18.2 Å². The highest BCUT2D eigenvalue weighted by molar-refractivity contribution is 6.06. The number of aromatic nitrogens is 2. The van der Waals surface area contributed by atoms with E-state index in [0.717, 1.165) is 22.4 Å².